The standard InChI is InChI=1S/C12H20N4O3/c13-14-12(18)10-7-11(19-9-10)8-16-3-1-15(2-4-16)5-6-17/h7,9,17H,1-6,8,13H2,(H,14,18). The van der Waals surface area contributed by atoms with Crippen LogP contribution in [-0.4, -0.2) is 60.1 Å². The van der Waals surface area contributed by atoms with E-state index in [0.29, 0.717) is 12.1 Å². The number of β-amino-alcohol motifs (C(OH)–C–C–N with tert-alkyl or cyclic N) is 1. The Labute approximate surface area is 111 Å². The van der Waals surface area contributed by atoms with E-state index in [1.807, 2.05) is 0 Å². The number of carbonyl (C=O) groups excluding carboxylic acids is 1. The Morgan fingerprint density at radius 2 is 2.05 bits per heavy atom. The summed E-state index contributed by atoms with van der Waals surface area (Å²) in [6.45, 7) is 5.36. The minimum absolute atomic E-state index is 0.204. The number of rotatable bonds is 5. The molecule has 1 aliphatic heterocycles. The lowest BCUT2D eigenvalue weighted by Gasteiger charge is -2.33. The van der Waals surface area contributed by atoms with Crippen LogP contribution in [-0.2, 0) is 6.54 Å². The van der Waals surface area contributed by atoms with Crippen LogP contribution in [0.1, 0.15) is 16.1 Å². The SMILES string of the molecule is NNC(=O)c1coc(CN2CCN(CCO)CC2)c1. The number of piperazine rings is 1. The summed E-state index contributed by atoms with van der Waals surface area (Å²) in [6, 6.07) is 1.71. The second kappa shape index (κ2) is 6.67. The maximum absolute atomic E-state index is 11.3. The highest BCUT2D eigenvalue weighted by Crippen LogP contribution is 2.12. The molecule has 2 rings (SSSR count). The Hall–Kier alpha value is -1.41. The number of nitrogens with zero attached hydrogens (tertiary/aromatic N) is 2. The number of nitrogens with one attached hydrogen (secondary N) is 1. The third kappa shape index (κ3) is 3.77. The van der Waals surface area contributed by atoms with Crippen LogP contribution in [0.2, 0.25) is 0 Å². The molecule has 1 amide bonds. The van der Waals surface area contributed by atoms with Gasteiger partial charge in [-0.25, -0.2) is 5.84 Å². The third-order valence-electron chi connectivity index (χ3n) is 3.31. The second-order valence-electron chi connectivity index (χ2n) is 4.62. The Kier molecular flexibility index (Phi) is 4.92. The van der Waals surface area contributed by atoms with Crippen LogP contribution in [0.15, 0.2) is 16.7 Å². The third-order valence-corrected chi connectivity index (χ3v) is 3.31. The van der Waals surface area contributed by atoms with Gasteiger partial charge < -0.3 is 9.52 Å². The van der Waals surface area contributed by atoms with Crippen molar-refractivity contribution in [3.05, 3.63) is 23.7 Å². The molecule has 0 saturated carbocycles. The minimum atomic E-state index is -0.345. The summed E-state index contributed by atoms with van der Waals surface area (Å²) in [5.41, 5.74) is 2.52. The van der Waals surface area contributed by atoms with Gasteiger partial charge in [-0.05, 0) is 6.07 Å². The quantitative estimate of drug-likeness (QED) is 0.360. The summed E-state index contributed by atoms with van der Waals surface area (Å²) in [4.78, 5) is 15.8. The first kappa shape index (κ1) is 14.0. The van der Waals surface area contributed by atoms with E-state index in [0.717, 1.165) is 38.5 Å². The van der Waals surface area contributed by atoms with Crippen molar-refractivity contribution >= 4 is 5.91 Å². The van der Waals surface area contributed by atoms with Crippen molar-refractivity contribution in [3.63, 3.8) is 0 Å². The van der Waals surface area contributed by atoms with Crippen LogP contribution in [0.3, 0.4) is 0 Å². The number of furan rings is 1. The molecule has 0 unspecified atom stereocenters. The number of hydrogen-bond acceptors (Lipinski definition) is 6. The van der Waals surface area contributed by atoms with E-state index < -0.39 is 0 Å². The van der Waals surface area contributed by atoms with E-state index in [2.05, 4.69) is 15.2 Å². The highest BCUT2D eigenvalue weighted by atomic mass is 16.3. The number of amides is 1. The molecule has 0 aliphatic carbocycles. The maximum atomic E-state index is 11.3. The number of aliphatic hydroxyl groups excluding tert-OH is 1. The summed E-state index contributed by atoms with van der Waals surface area (Å²) in [5.74, 6) is 5.48. The van der Waals surface area contributed by atoms with E-state index in [4.69, 9.17) is 15.4 Å². The van der Waals surface area contributed by atoms with Gasteiger partial charge in [-0.3, -0.25) is 20.0 Å². The first-order chi connectivity index (χ1) is 9.22. The predicted octanol–water partition coefficient (Wildman–Crippen LogP) is -1.01. The average Bonchev–Trinajstić information content (AvgIpc) is 2.89. The zero-order valence-corrected chi connectivity index (χ0v) is 10.8. The lowest BCUT2D eigenvalue weighted by atomic mass is 10.2. The molecule has 1 saturated heterocycles. The molecule has 0 spiro atoms. The molecule has 0 atom stereocenters. The summed E-state index contributed by atoms with van der Waals surface area (Å²) in [7, 11) is 0. The molecule has 0 aromatic carbocycles. The predicted molar refractivity (Wildman–Crippen MR) is 69.2 cm³/mol. The molecule has 7 heteroatoms. The zero-order valence-electron chi connectivity index (χ0n) is 10.8. The van der Waals surface area contributed by atoms with Gasteiger partial charge in [-0.15, -0.1) is 0 Å². The topological polar surface area (TPSA) is 95.0 Å². The monoisotopic (exact) mass is 268 g/mol. The van der Waals surface area contributed by atoms with Crippen LogP contribution in [0.5, 0.6) is 0 Å². The van der Waals surface area contributed by atoms with Crippen molar-refractivity contribution in [3.8, 4) is 0 Å². The van der Waals surface area contributed by atoms with Crippen molar-refractivity contribution < 1.29 is 14.3 Å². The first-order valence-electron chi connectivity index (χ1n) is 6.37. The average molecular weight is 268 g/mol. The van der Waals surface area contributed by atoms with E-state index >= 15 is 0 Å². The van der Waals surface area contributed by atoms with Crippen molar-refractivity contribution in [2.75, 3.05) is 39.3 Å². The number of carbonyl (C=O) groups is 1. The van der Waals surface area contributed by atoms with Crippen LogP contribution < -0.4 is 11.3 Å². The number of aliphatic hydroxyl groups is 1. The largest absolute Gasteiger partial charge is 0.467 e. The van der Waals surface area contributed by atoms with Crippen molar-refractivity contribution in [1.82, 2.24) is 15.2 Å². The normalized spacial score (nSPS) is 17.6. The second-order valence-corrected chi connectivity index (χ2v) is 4.62. The molecular formula is C12H20N4O3. The summed E-state index contributed by atoms with van der Waals surface area (Å²) in [5, 5.41) is 8.88. The molecule has 1 fully saturated rings. The lowest BCUT2D eigenvalue weighted by molar-refractivity contribution is 0.0953. The van der Waals surface area contributed by atoms with E-state index in [1.165, 1.54) is 6.26 Å². The molecule has 1 aromatic rings. The van der Waals surface area contributed by atoms with E-state index in [-0.39, 0.29) is 12.5 Å². The molecule has 0 bridgehead atoms. The van der Waals surface area contributed by atoms with Gasteiger partial charge in [-0.1, -0.05) is 0 Å². The molecule has 1 aromatic heterocycles. The summed E-state index contributed by atoms with van der Waals surface area (Å²) in [6.07, 6.45) is 1.42. The minimum Gasteiger partial charge on any atom is -0.467 e. The van der Waals surface area contributed by atoms with Crippen molar-refractivity contribution in [2.45, 2.75) is 6.54 Å². The van der Waals surface area contributed by atoms with Crippen molar-refractivity contribution in [1.29, 1.82) is 0 Å². The molecular weight excluding hydrogens is 248 g/mol. The van der Waals surface area contributed by atoms with Gasteiger partial charge in [0.15, 0.2) is 0 Å². The van der Waals surface area contributed by atoms with Gasteiger partial charge in [0, 0.05) is 32.7 Å². The zero-order chi connectivity index (χ0) is 13.7. The number of nitrogens with two attached hydrogens (primary N) is 1. The first-order valence-corrected chi connectivity index (χ1v) is 6.37. The van der Waals surface area contributed by atoms with Gasteiger partial charge in [0.1, 0.15) is 12.0 Å². The smallest absolute Gasteiger partial charge is 0.268 e. The number of hydrogen-bond donors (Lipinski definition) is 3. The van der Waals surface area contributed by atoms with Crippen LogP contribution in [0, 0.1) is 0 Å². The molecule has 2 heterocycles. The van der Waals surface area contributed by atoms with Gasteiger partial charge in [-0.2, -0.15) is 0 Å². The molecule has 4 N–H and O–H groups in total. The highest BCUT2D eigenvalue weighted by Gasteiger charge is 2.18. The highest BCUT2D eigenvalue weighted by molar-refractivity contribution is 5.93. The summed E-state index contributed by atoms with van der Waals surface area (Å²) < 4.78 is 5.35. The molecule has 19 heavy (non-hydrogen) atoms. The molecule has 106 valence electrons. The van der Waals surface area contributed by atoms with Crippen LogP contribution in [0.25, 0.3) is 0 Å². The fourth-order valence-electron chi connectivity index (χ4n) is 2.20. The lowest BCUT2D eigenvalue weighted by Crippen LogP contribution is -2.46. The maximum Gasteiger partial charge on any atom is 0.268 e. The summed E-state index contributed by atoms with van der Waals surface area (Å²) >= 11 is 0. The van der Waals surface area contributed by atoms with Crippen molar-refractivity contribution in [2.24, 2.45) is 5.84 Å². The van der Waals surface area contributed by atoms with Gasteiger partial charge in [0.2, 0.25) is 0 Å². The number of nitrogen functional groups attached to an aromatic ring is 1. The Morgan fingerprint density at radius 1 is 1.37 bits per heavy atom. The Morgan fingerprint density at radius 3 is 2.68 bits per heavy atom. The van der Waals surface area contributed by atoms with Crippen LogP contribution >= 0.6 is 0 Å². The Bertz CT molecular complexity index is 413. The number of hydrazine groups is 1. The molecule has 7 nitrogen and oxygen atoms in total. The van der Waals surface area contributed by atoms with Crippen LogP contribution in [0.4, 0.5) is 0 Å². The van der Waals surface area contributed by atoms with Gasteiger partial charge >= 0.3 is 0 Å². The van der Waals surface area contributed by atoms with E-state index in [9.17, 15) is 4.79 Å². The Balaban J connectivity index is 1.82. The van der Waals surface area contributed by atoms with E-state index in [1.54, 1.807) is 6.07 Å². The van der Waals surface area contributed by atoms with Gasteiger partial charge in [0.05, 0.1) is 18.7 Å². The van der Waals surface area contributed by atoms with Gasteiger partial charge in [0.25, 0.3) is 5.91 Å². The molecule has 1 aliphatic rings. The fraction of sp³-hybridized carbons (Fsp3) is 0.583. The molecule has 0 radical (unpaired) electrons. The fourth-order valence-corrected chi connectivity index (χ4v) is 2.20.